The number of carbonyl (C=O) groups is 1. The van der Waals surface area contributed by atoms with Crippen LogP contribution in [0.15, 0.2) is 48.5 Å². The Morgan fingerprint density at radius 1 is 1.06 bits per heavy atom. The van der Waals surface area contributed by atoms with E-state index in [9.17, 15) is 4.79 Å². The number of pyridine rings is 1. The Morgan fingerprint density at radius 2 is 1.81 bits per heavy atom. The van der Waals surface area contributed by atoms with E-state index >= 15 is 0 Å². The number of carbonyl (C=O) groups excluding carboxylic acids is 1. The summed E-state index contributed by atoms with van der Waals surface area (Å²) in [5, 5.41) is 11.3. The standard InChI is InChI=1S/C24H26Cl2N4O.ClH/c1-15-13-22(29-20-7-3-2-5-18(15)20)28-17-11-9-16(10-12-17)14-27-24(31)30-21-8-4-6-19(25)23(21)26;/h2-8,13,16-17H,9-12,14H2,1H3,(H,28,29)(H2,27,30,31);1H. The second-order valence-electron chi connectivity index (χ2n) is 8.14. The van der Waals surface area contributed by atoms with Gasteiger partial charge in [-0.3, -0.25) is 0 Å². The van der Waals surface area contributed by atoms with E-state index in [-0.39, 0.29) is 18.4 Å². The van der Waals surface area contributed by atoms with E-state index in [4.69, 9.17) is 28.2 Å². The van der Waals surface area contributed by atoms with Crippen molar-refractivity contribution in [3.63, 3.8) is 0 Å². The second kappa shape index (κ2) is 11.1. The highest BCUT2D eigenvalue weighted by molar-refractivity contribution is 6.43. The zero-order valence-corrected chi connectivity index (χ0v) is 20.2. The van der Waals surface area contributed by atoms with E-state index in [1.165, 1.54) is 10.9 Å². The van der Waals surface area contributed by atoms with Gasteiger partial charge in [-0.05, 0) is 68.4 Å². The highest BCUT2D eigenvalue weighted by atomic mass is 35.5. The van der Waals surface area contributed by atoms with E-state index in [0.717, 1.165) is 37.0 Å². The van der Waals surface area contributed by atoms with Gasteiger partial charge in [-0.2, -0.15) is 0 Å². The van der Waals surface area contributed by atoms with Gasteiger partial charge in [-0.1, -0.05) is 47.5 Å². The predicted molar refractivity (Wildman–Crippen MR) is 137 cm³/mol. The molecule has 0 radical (unpaired) electrons. The summed E-state index contributed by atoms with van der Waals surface area (Å²) in [6, 6.07) is 15.7. The van der Waals surface area contributed by atoms with Crippen molar-refractivity contribution in [1.82, 2.24) is 10.3 Å². The van der Waals surface area contributed by atoms with Gasteiger partial charge in [-0.15, -0.1) is 12.4 Å². The molecule has 32 heavy (non-hydrogen) atoms. The molecule has 3 N–H and O–H groups in total. The van der Waals surface area contributed by atoms with Gasteiger partial charge in [0.15, 0.2) is 0 Å². The third-order valence-electron chi connectivity index (χ3n) is 5.87. The zero-order valence-electron chi connectivity index (χ0n) is 17.8. The van der Waals surface area contributed by atoms with Crippen molar-refractivity contribution in [2.75, 3.05) is 17.2 Å². The fourth-order valence-corrected chi connectivity index (χ4v) is 4.50. The number of amides is 2. The number of fused-ring (bicyclic) bond motifs is 1. The van der Waals surface area contributed by atoms with Crippen LogP contribution in [0.3, 0.4) is 0 Å². The van der Waals surface area contributed by atoms with Crippen LogP contribution in [-0.4, -0.2) is 23.6 Å². The molecular formula is C24H27Cl3N4O. The maximum atomic E-state index is 12.2. The zero-order chi connectivity index (χ0) is 21.8. The molecule has 1 aliphatic carbocycles. The topological polar surface area (TPSA) is 66.0 Å². The highest BCUT2D eigenvalue weighted by Gasteiger charge is 2.22. The first-order chi connectivity index (χ1) is 15.0. The number of aromatic nitrogens is 1. The highest BCUT2D eigenvalue weighted by Crippen LogP contribution is 2.30. The summed E-state index contributed by atoms with van der Waals surface area (Å²) >= 11 is 12.1. The molecule has 1 saturated carbocycles. The van der Waals surface area contributed by atoms with Crippen LogP contribution in [0.25, 0.3) is 10.9 Å². The number of anilines is 2. The van der Waals surface area contributed by atoms with Crippen LogP contribution in [0.1, 0.15) is 31.2 Å². The maximum Gasteiger partial charge on any atom is 0.319 e. The van der Waals surface area contributed by atoms with Crippen LogP contribution in [0.4, 0.5) is 16.3 Å². The molecule has 2 amide bonds. The van der Waals surface area contributed by atoms with E-state index in [0.29, 0.717) is 34.2 Å². The van der Waals surface area contributed by atoms with E-state index in [1.54, 1.807) is 18.2 Å². The third-order valence-corrected chi connectivity index (χ3v) is 6.69. The largest absolute Gasteiger partial charge is 0.367 e. The molecular weight excluding hydrogens is 467 g/mol. The van der Waals surface area contributed by atoms with Crippen LogP contribution in [0, 0.1) is 12.8 Å². The Labute approximate surface area is 204 Å². The maximum absolute atomic E-state index is 12.2. The average molecular weight is 494 g/mol. The summed E-state index contributed by atoms with van der Waals surface area (Å²) in [7, 11) is 0. The average Bonchev–Trinajstić information content (AvgIpc) is 2.76. The molecule has 0 unspecified atom stereocenters. The van der Waals surface area contributed by atoms with Gasteiger partial charge in [-0.25, -0.2) is 9.78 Å². The van der Waals surface area contributed by atoms with Crippen molar-refractivity contribution in [1.29, 1.82) is 0 Å². The number of nitrogens with zero attached hydrogens (tertiary/aromatic N) is 1. The molecule has 0 atom stereocenters. The normalized spacial score (nSPS) is 18.0. The first-order valence-corrected chi connectivity index (χ1v) is 11.4. The molecule has 1 aromatic heterocycles. The van der Waals surface area contributed by atoms with Gasteiger partial charge in [0, 0.05) is 18.0 Å². The number of hydrogen-bond acceptors (Lipinski definition) is 3. The minimum atomic E-state index is -0.264. The van der Waals surface area contributed by atoms with E-state index in [2.05, 4.69) is 41.1 Å². The third kappa shape index (κ3) is 5.97. The van der Waals surface area contributed by atoms with Crippen molar-refractivity contribution >= 4 is 64.0 Å². The van der Waals surface area contributed by atoms with Crippen LogP contribution in [0.2, 0.25) is 10.0 Å². The van der Waals surface area contributed by atoms with Crippen molar-refractivity contribution in [2.45, 2.75) is 38.6 Å². The Hall–Kier alpha value is -2.21. The molecule has 1 fully saturated rings. The Morgan fingerprint density at radius 3 is 2.59 bits per heavy atom. The monoisotopic (exact) mass is 492 g/mol. The summed E-state index contributed by atoms with van der Waals surface area (Å²) in [6.45, 7) is 2.77. The predicted octanol–water partition coefficient (Wildman–Crippen LogP) is 7.06. The molecule has 1 aliphatic rings. The molecule has 1 heterocycles. The van der Waals surface area contributed by atoms with Gasteiger partial charge in [0.25, 0.3) is 0 Å². The Bertz CT molecular complexity index is 1080. The molecule has 0 aliphatic heterocycles. The number of rotatable bonds is 5. The summed E-state index contributed by atoms with van der Waals surface area (Å²) in [5.74, 6) is 1.40. The lowest BCUT2D eigenvalue weighted by molar-refractivity contribution is 0.246. The molecule has 4 rings (SSSR count). The smallest absolute Gasteiger partial charge is 0.319 e. The molecule has 8 heteroatoms. The van der Waals surface area contributed by atoms with Crippen LogP contribution in [0.5, 0.6) is 0 Å². The molecule has 170 valence electrons. The number of para-hydroxylation sites is 1. The lowest BCUT2D eigenvalue weighted by atomic mass is 9.86. The minimum absolute atomic E-state index is 0. The number of halogens is 3. The minimum Gasteiger partial charge on any atom is -0.367 e. The van der Waals surface area contributed by atoms with Gasteiger partial charge in [0.1, 0.15) is 5.82 Å². The molecule has 0 bridgehead atoms. The summed E-state index contributed by atoms with van der Waals surface area (Å²) < 4.78 is 0. The quantitative estimate of drug-likeness (QED) is 0.356. The van der Waals surface area contributed by atoms with Crippen molar-refractivity contribution in [3.8, 4) is 0 Å². The lowest BCUT2D eigenvalue weighted by Gasteiger charge is -2.29. The van der Waals surface area contributed by atoms with Gasteiger partial charge < -0.3 is 16.0 Å². The first-order valence-electron chi connectivity index (χ1n) is 10.6. The number of benzene rings is 2. The first kappa shape index (κ1) is 24.4. The number of urea groups is 1. The number of aryl methyl sites for hydroxylation is 1. The summed E-state index contributed by atoms with van der Waals surface area (Å²) in [5.41, 5.74) is 2.77. The van der Waals surface area contributed by atoms with E-state index in [1.807, 2.05) is 12.1 Å². The van der Waals surface area contributed by atoms with Crippen LogP contribution in [-0.2, 0) is 0 Å². The summed E-state index contributed by atoms with van der Waals surface area (Å²) in [4.78, 5) is 17.0. The number of nitrogens with one attached hydrogen (secondary N) is 3. The Balaban J connectivity index is 0.00000289. The van der Waals surface area contributed by atoms with Gasteiger partial charge in [0.2, 0.25) is 0 Å². The fourth-order valence-electron chi connectivity index (χ4n) is 4.15. The SMILES string of the molecule is Cc1cc(NC2CCC(CNC(=O)Nc3cccc(Cl)c3Cl)CC2)nc2ccccc12.Cl. The molecule has 2 aromatic carbocycles. The number of hydrogen-bond donors (Lipinski definition) is 3. The molecule has 3 aromatic rings. The van der Waals surface area contributed by atoms with Crippen molar-refractivity contribution in [2.24, 2.45) is 5.92 Å². The molecule has 0 spiro atoms. The summed E-state index contributed by atoms with van der Waals surface area (Å²) in [6.07, 6.45) is 4.23. The van der Waals surface area contributed by atoms with Gasteiger partial charge >= 0.3 is 6.03 Å². The lowest BCUT2D eigenvalue weighted by Crippen LogP contribution is -2.36. The second-order valence-corrected chi connectivity index (χ2v) is 8.93. The fraction of sp³-hybridized carbons (Fsp3) is 0.333. The van der Waals surface area contributed by atoms with E-state index < -0.39 is 0 Å². The van der Waals surface area contributed by atoms with Crippen molar-refractivity contribution in [3.05, 3.63) is 64.1 Å². The van der Waals surface area contributed by atoms with Crippen LogP contribution < -0.4 is 16.0 Å². The molecule has 5 nitrogen and oxygen atoms in total. The van der Waals surface area contributed by atoms with Gasteiger partial charge in [0.05, 0.1) is 21.2 Å². The molecule has 0 saturated heterocycles. The van der Waals surface area contributed by atoms with Crippen LogP contribution >= 0.6 is 35.6 Å². The van der Waals surface area contributed by atoms with Crippen molar-refractivity contribution < 1.29 is 4.79 Å². The Kier molecular flexibility index (Phi) is 8.46.